The molecule has 7 heteroatoms. The van der Waals surface area contributed by atoms with Crippen LogP contribution in [0.3, 0.4) is 0 Å². The highest BCUT2D eigenvalue weighted by Gasteiger charge is 2.23. The van der Waals surface area contributed by atoms with E-state index >= 15 is 0 Å². The SMILES string of the molecule is CCOc1cc(C(=O)Nc2ccc3c(c2)CCC(NC(=O)OC(C)(C)C)C3)ccn1. The third kappa shape index (κ3) is 5.95. The van der Waals surface area contributed by atoms with Crippen molar-refractivity contribution in [1.29, 1.82) is 0 Å². The van der Waals surface area contributed by atoms with Gasteiger partial charge >= 0.3 is 6.09 Å². The van der Waals surface area contributed by atoms with Gasteiger partial charge in [0.15, 0.2) is 0 Å². The monoisotopic (exact) mass is 411 g/mol. The topological polar surface area (TPSA) is 89.6 Å². The van der Waals surface area contributed by atoms with Crippen LogP contribution in [-0.4, -0.2) is 35.2 Å². The lowest BCUT2D eigenvalue weighted by molar-refractivity contribution is 0.0500. The number of ether oxygens (including phenoxy) is 2. The number of nitrogens with one attached hydrogen (secondary N) is 2. The number of rotatable bonds is 5. The van der Waals surface area contributed by atoms with Crippen LogP contribution in [0.25, 0.3) is 0 Å². The standard InChI is InChI=1S/C23H29N3O4/c1-5-29-20-14-17(10-11-24-20)21(27)25-18-8-6-16-13-19(9-7-15(16)12-18)26-22(28)30-23(2,3)4/h6,8,10-12,14,19H,5,7,9,13H2,1-4H3,(H,25,27)(H,26,28). The van der Waals surface area contributed by atoms with Gasteiger partial charge in [0, 0.05) is 29.6 Å². The van der Waals surface area contributed by atoms with Gasteiger partial charge in [-0.05, 0) is 76.3 Å². The predicted octanol–water partition coefficient (Wildman–Crippen LogP) is 4.11. The Balaban J connectivity index is 1.61. The highest BCUT2D eigenvalue weighted by molar-refractivity contribution is 6.04. The lowest BCUT2D eigenvalue weighted by atomic mass is 9.88. The summed E-state index contributed by atoms with van der Waals surface area (Å²) in [6.07, 6.45) is 3.56. The van der Waals surface area contributed by atoms with Gasteiger partial charge in [-0.15, -0.1) is 0 Å². The van der Waals surface area contributed by atoms with Crippen LogP contribution in [-0.2, 0) is 17.6 Å². The molecule has 1 unspecified atom stereocenters. The quantitative estimate of drug-likeness (QED) is 0.773. The van der Waals surface area contributed by atoms with Gasteiger partial charge in [0.1, 0.15) is 5.60 Å². The first-order valence-corrected chi connectivity index (χ1v) is 10.2. The highest BCUT2D eigenvalue weighted by atomic mass is 16.6. The second-order valence-electron chi connectivity index (χ2n) is 8.34. The van der Waals surface area contributed by atoms with Crippen LogP contribution in [0.1, 0.15) is 55.6 Å². The number of carbonyl (C=O) groups is 2. The molecule has 1 atom stereocenters. The van der Waals surface area contributed by atoms with Crippen LogP contribution in [0.5, 0.6) is 5.88 Å². The average molecular weight is 412 g/mol. The maximum atomic E-state index is 12.6. The van der Waals surface area contributed by atoms with Gasteiger partial charge in [-0.1, -0.05) is 6.07 Å². The number of pyridine rings is 1. The first-order valence-electron chi connectivity index (χ1n) is 10.2. The molecule has 7 nitrogen and oxygen atoms in total. The number of nitrogens with zero attached hydrogens (tertiary/aromatic N) is 1. The van der Waals surface area contributed by atoms with Crippen LogP contribution in [0.4, 0.5) is 10.5 Å². The summed E-state index contributed by atoms with van der Waals surface area (Å²) < 4.78 is 10.7. The minimum absolute atomic E-state index is 0.0431. The molecule has 2 N–H and O–H groups in total. The molecule has 1 heterocycles. The molecular weight excluding hydrogens is 382 g/mol. The van der Waals surface area contributed by atoms with Crippen LogP contribution in [0, 0.1) is 0 Å². The minimum atomic E-state index is -0.512. The number of hydrogen-bond acceptors (Lipinski definition) is 5. The largest absolute Gasteiger partial charge is 0.478 e. The third-order valence-corrected chi connectivity index (χ3v) is 4.70. The van der Waals surface area contributed by atoms with Gasteiger partial charge in [0.05, 0.1) is 6.61 Å². The maximum absolute atomic E-state index is 12.6. The zero-order chi connectivity index (χ0) is 21.7. The molecule has 0 radical (unpaired) electrons. The van der Waals surface area contributed by atoms with Crippen LogP contribution < -0.4 is 15.4 Å². The van der Waals surface area contributed by atoms with Crippen molar-refractivity contribution in [2.75, 3.05) is 11.9 Å². The maximum Gasteiger partial charge on any atom is 0.407 e. The lowest BCUT2D eigenvalue weighted by Crippen LogP contribution is -2.41. The predicted molar refractivity (Wildman–Crippen MR) is 115 cm³/mol. The summed E-state index contributed by atoms with van der Waals surface area (Å²) in [5.41, 5.74) is 3.07. The molecule has 1 aliphatic carbocycles. The van der Waals surface area contributed by atoms with E-state index in [-0.39, 0.29) is 18.0 Å². The molecule has 1 aliphatic rings. The van der Waals surface area contributed by atoms with Crippen LogP contribution >= 0.6 is 0 Å². The lowest BCUT2D eigenvalue weighted by Gasteiger charge is -2.27. The van der Waals surface area contributed by atoms with E-state index in [0.717, 1.165) is 24.9 Å². The Hall–Kier alpha value is -3.09. The Morgan fingerprint density at radius 3 is 2.70 bits per heavy atom. The van der Waals surface area contributed by atoms with Crippen LogP contribution in [0.2, 0.25) is 0 Å². The van der Waals surface area contributed by atoms with Crippen molar-refractivity contribution in [2.24, 2.45) is 0 Å². The molecule has 0 spiro atoms. The van der Waals surface area contributed by atoms with E-state index in [1.165, 1.54) is 11.1 Å². The second kappa shape index (κ2) is 9.15. The van der Waals surface area contributed by atoms with Crippen molar-refractivity contribution in [2.45, 2.75) is 58.6 Å². The molecule has 0 aliphatic heterocycles. The van der Waals surface area contributed by atoms with Crippen molar-refractivity contribution in [3.63, 3.8) is 0 Å². The Morgan fingerprint density at radius 2 is 1.97 bits per heavy atom. The smallest absolute Gasteiger partial charge is 0.407 e. The number of alkyl carbamates (subject to hydrolysis) is 1. The number of anilines is 1. The Kier molecular flexibility index (Phi) is 6.59. The second-order valence-corrected chi connectivity index (χ2v) is 8.34. The number of amides is 2. The fourth-order valence-corrected chi connectivity index (χ4v) is 3.41. The molecule has 160 valence electrons. The van der Waals surface area contributed by atoms with E-state index in [1.807, 2.05) is 45.9 Å². The molecule has 0 fully saturated rings. The van der Waals surface area contributed by atoms with E-state index in [9.17, 15) is 9.59 Å². The summed E-state index contributed by atoms with van der Waals surface area (Å²) in [7, 11) is 0. The van der Waals surface area contributed by atoms with Crippen molar-refractivity contribution in [3.05, 3.63) is 53.2 Å². The van der Waals surface area contributed by atoms with Crippen LogP contribution in [0.15, 0.2) is 36.5 Å². The molecule has 0 saturated heterocycles. The van der Waals surface area contributed by atoms with Crippen molar-refractivity contribution in [1.82, 2.24) is 10.3 Å². The number of benzene rings is 1. The first-order chi connectivity index (χ1) is 14.2. The summed E-state index contributed by atoms with van der Waals surface area (Å²) in [5.74, 6) is 0.220. The number of aryl methyl sites for hydroxylation is 1. The van der Waals surface area contributed by atoms with Gasteiger partial charge in [-0.2, -0.15) is 0 Å². The number of aromatic nitrogens is 1. The molecule has 1 aromatic carbocycles. The average Bonchev–Trinajstić information content (AvgIpc) is 2.67. The fraction of sp³-hybridized carbons (Fsp3) is 0.435. The first kappa shape index (κ1) is 21.6. The fourth-order valence-electron chi connectivity index (χ4n) is 3.41. The van der Waals surface area contributed by atoms with E-state index < -0.39 is 5.60 Å². The zero-order valence-electron chi connectivity index (χ0n) is 18.0. The number of carbonyl (C=O) groups excluding carboxylic acids is 2. The third-order valence-electron chi connectivity index (χ3n) is 4.70. The number of fused-ring (bicyclic) bond motifs is 1. The molecule has 3 rings (SSSR count). The van der Waals surface area contributed by atoms with Gasteiger partial charge in [-0.3, -0.25) is 4.79 Å². The van der Waals surface area contributed by atoms with Gasteiger partial charge < -0.3 is 20.1 Å². The van der Waals surface area contributed by atoms with E-state index in [1.54, 1.807) is 18.3 Å². The van der Waals surface area contributed by atoms with E-state index in [4.69, 9.17) is 9.47 Å². The van der Waals surface area contributed by atoms with Gasteiger partial charge in [-0.25, -0.2) is 9.78 Å². The van der Waals surface area contributed by atoms with Crippen molar-refractivity contribution < 1.29 is 19.1 Å². The molecule has 0 bridgehead atoms. The Bertz CT molecular complexity index is 921. The van der Waals surface area contributed by atoms with E-state index in [0.29, 0.717) is 18.1 Å². The Morgan fingerprint density at radius 1 is 1.17 bits per heavy atom. The Labute approximate surface area is 177 Å². The van der Waals surface area contributed by atoms with E-state index in [2.05, 4.69) is 15.6 Å². The minimum Gasteiger partial charge on any atom is -0.478 e. The summed E-state index contributed by atoms with van der Waals surface area (Å²) in [4.78, 5) is 28.7. The molecule has 2 aromatic rings. The molecule has 30 heavy (non-hydrogen) atoms. The molecular formula is C23H29N3O4. The molecule has 2 amide bonds. The normalized spacial score (nSPS) is 15.7. The highest BCUT2D eigenvalue weighted by Crippen LogP contribution is 2.25. The summed E-state index contributed by atoms with van der Waals surface area (Å²) in [6, 6.07) is 9.22. The zero-order valence-corrected chi connectivity index (χ0v) is 18.0. The summed E-state index contributed by atoms with van der Waals surface area (Å²) >= 11 is 0. The van der Waals surface area contributed by atoms with Gasteiger partial charge in [0.25, 0.3) is 5.91 Å². The summed E-state index contributed by atoms with van der Waals surface area (Å²) in [5, 5.41) is 5.89. The van der Waals surface area contributed by atoms with Crippen molar-refractivity contribution in [3.8, 4) is 5.88 Å². The summed E-state index contributed by atoms with van der Waals surface area (Å²) in [6.45, 7) is 7.91. The molecule has 1 aromatic heterocycles. The number of hydrogen-bond donors (Lipinski definition) is 2. The van der Waals surface area contributed by atoms with Crippen molar-refractivity contribution >= 4 is 17.7 Å². The van der Waals surface area contributed by atoms with Gasteiger partial charge in [0.2, 0.25) is 5.88 Å². The molecule has 0 saturated carbocycles.